The fraction of sp³-hybridized carbons (Fsp3) is 0.714. The molecule has 4 nitrogen and oxygen atoms in total. The molecule has 0 amide bonds. The lowest BCUT2D eigenvalue weighted by Crippen LogP contribution is -2.23. The van der Waals surface area contributed by atoms with Crippen LogP contribution < -0.4 is 10.2 Å². The minimum atomic E-state index is 0.822. The van der Waals surface area contributed by atoms with Gasteiger partial charge in [-0.05, 0) is 19.3 Å². The van der Waals surface area contributed by atoms with Crippen LogP contribution in [0, 0.1) is 12.8 Å². The zero-order valence-electron chi connectivity index (χ0n) is 12.0. The van der Waals surface area contributed by atoms with E-state index in [0.717, 1.165) is 42.9 Å². The second-order valence-corrected chi connectivity index (χ2v) is 5.05. The van der Waals surface area contributed by atoms with Crippen LogP contribution in [0.25, 0.3) is 0 Å². The zero-order chi connectivity index (χ0) is 13.1. The Kier molecular flexibility index (Phi) is 4.04. The summed E-state index contributed by atoms with van der Waals surface area (Å²) in [5.74, 6) is 3.85. The van der Waals surface area contributed by atoms with Crippen LogP contribution in [0.3, 0.4) is 0 Å². The monoisotopic (exact) mass is 248 g/mol. The number of aryl methyl sites for hydroxylation is 1. The van der Waals surface area contributed by atoms with Crippen LogP contribution in [-0.2, 0) is 6.42 Å². The molecule has 1 unspecified atom stereocenters. The summed E-state index contributed by atoms with van der Waals surface area (Å²) < 4.78 is 0. The summed E-state index contributed by atoms with van der Waals surface area (Å²) in [6.45, 7) is 8.76. The Morgan fingerprint density at radius 3 is 2.67 bits per heavy atom. The first-order chi connectivity index (χ1) is 8.69. The molecule has 0 bridgehead atoms. The lowest BCUT2D eigenvalue weighted by Gasteiger charge is -2.21. The van der Waals surface area contributed by atoms with Crippen molar-refractivity contribution in [2.24, 2.45) is 5.92 Å². The number of aromatic nitrogens is 2. The highest BCUT2D eigenvalue weighted by Crippen LogP contribution is 2.29. The summed E-state index contributed by atoms with van der Waals surface area (Å²) in [4.78, 5) is 11.7. The Morgan fingerprint density at radius 2 is 2.11 bits per heavy atom. The van der Waals surface area contributed by atoms with Crippen LogP contribution in [0.1, 0.15) is 38.1 Å². The van der Waals surface area contributed by atoms with E-state index in [4.69, 9.17) is 4.98 Å². The van der Waals surface area contributed by atoms with Gasteiger partial charge in [0, 0.05) is 32.1 Å². The number of hydrogen-bond donors (Lipinski definition) is 1. The molecule has 0 spiro atoms. The second-order valence-electron chi connectivity index (χ2n) is 5.05. The van der Waals surface area contributed by atoms with Crippen molar-refractivity contribution in [2.45, 2.75) is 40.0 Å². The van der Waals surface area contributed by atoms with Crippen molar-refractivity contribution in [3.63, 3.8) is 0 Å². The molecule has 2 rings (SSSR count). The summed E-state index contributed by atoms with van der Waals surface area (Å²) in [5, 5.41) is 3.18. The van der Waals surface area contributed by atoms with E-state index < -0.39 is 0 Å². The van der Waals surface area contributed by atoms with E-state index in [1.165, 1.54) is 18.4 Å². The number of nitrogens with zero attached hydrogens (tertiary/aromatic N) is 3. The van der Waals surface area contributed by atoms with Crippen molar-refractivity contribution in [3.8, 4) is 0 Å². The molecular formula is C14H24N4. The molecule has 0 saturated carbocycles. The maximum atomic E-state index is 4.72. The summed E-state index contributed by atoms with van der Waals surface area (Å²) in [5.41, 5.74) is 1.17. The first-order valence-electron chi connectivity index (χ1n) is 6.99. The van der Waals surface area contributed by atoms with Crippen LogP contribution in [0.2, 0.25) is 0 Å². The van der Waals surface area contributed by atoms with Crippen LogP contribution in [0.15, 0.2) is 0 Å². The third-order valence-corrected chi connectivity index (χ3v) is 3.88. The van der Waals surface area contributed by atoms with Crippen LogP contribution in [0.4, 0.5) is 11.6 Å². The molecule has 1 aromatic heterocycles. The maximum Gasteiger partial charge on any atom is 0.137 e. The van der Waals surface area contributed by atoms with Gasteiger partial charge in [0.1, 0.15) is 17.5 Å². The van der Waals surface area contributed by atoms with Gasteiger partial charge in [0.2, 0.25) is 0 Å². The normalized spacial score (nSPS) is 19.3. The highest BCUT2D eigenvalue weighted by Gasteiger charge is 2.24. The quantitative estimate of drug-likeness (QED) is 0.889. The highest BCUT2D eigenvalue weighted by atomic mass is 15.2. The number of nitrogens with one attached hydrogen (secondary N) is 1. The SMILES string of the molecule is CCc1nc(NC)c(C)c(N2CCC(CC)C2)n1. The van der Waals surface area contributed by atoms with Crippen molar-refractivity contribution in [2.75, 3.05) is 30.4 Å². The van der Waals surface area contributed by atoms with Gasteiger partial charge in [-0.2, -0.15) is 0 Å². The second kappa shape index (κ2) is 5.55. The minimum absolute atomic E-state index is 0.822. The molecule has 1 aliphatic rings. The molecule has 1 aromatic rings. The third-order valence-electron chi connectivity index (χ3n) is 3.88. The van der Waals surface area contributed by atoms with Gasteiger partial charge < -0.3 is 10.2 Å². The molecule has 1 fully saturated rings. The Balaban J connectivity index is 2.31. The lowest BCUT2D eigenvalue weighted by molar-refractivity contribution is 0.568. The number of anilines is 2. The van der Waals surface area contributed by atoms with Crippen molar-refractivity contribution < 1.29 is 0 Å². The predicted molar refractivity (Wildman–Crippen MR) is 76.3 cm³/mol. The predicted octanol–water partition coefficient (Wildman–Crippen LogP) is 2.63. The molecule has 2 heterocycles. The summed E-state index contributed by atoms with van der Waals surface area (Å²) in [7, 11) is 1.93. The van der Waals surface area contributed by atoms with Gasteiger partial charge in [0.15, 0.2) is 0 Å². The van der Waals surface area contributed by atoms with Gasteiger partial charge >= 0.3 is 0 Å². The molecule has 1 aliphatic heterocycles. The van der Waals surface area contributed by atoms with Crippen molar-refractivity contribution in [1.82, 2.24) is 9.97 Å². The van der Waals surface area contributed by atoms with Gasteiger partial charge in [-0.15, -0.1) is 0 Å². The average Bonchev–Trinajstić information content (AvgIpc) is 2.87. The average molecular weight is 248 g/mol. The number of hydrogen-bond acceptors (Lipinski definition) is 4. The largest absolute Gasteiger partial charge is 0.373 e. The molecule has 1 atom stereocenters. The van der Waals surface area contributed by atoms with Gasteiger partial charge in [-0.25, -0.2) is 9.97 Å². The Bertz CT molecular complexity index is 417. The lowest BCUT2D eigenvalue weighted by atomic mass is 10.1. The van der Waals surface area contributed by atoms with Crippen molar-refractivity contribution in [3.05, 3.63) is 11.4 Å². The smallest absolute Gasteiger partial charge is 0.137 e. The Hall–Kier alpha value is -1.32. The van der Waals surface area contributed by atoms with E-state index in [9.17, 15) is 0 Å². The van der Waals surface area contributed by atoms with Crippen LogP contribution in [-0.4, -0.2) is 30.1 Å². The molecular weight excluding hydrogens is 224 g/mol. The molecule has 100 valence electrons. The molecule has 18 heavy (non-hydrogen) atoms. The van der Waals surface area contributed by atoms with E-state index >= 15 is 0 Å². The van der Waals surface area contributed by atoms with E-state index in [1.807, 2.05) is 7.05 Å². The molecule has 1 N–H and O–H groups in total. The van der Waals surface area contributed by atoms with Gasteiger partial charge in [0.25, 0.3) is 0 Å². The fourth-order valence-electron chi connectivity index (χ4n) is 2.62. The van der Waals surface area contributed by atoms with E-state index in [-0.39, 0.29) is 0 Å². The zero-order valence-corrected chi connectivity index (χ0v) is 12.0. The molecule has 0 aliphatic carbocycles. The van der Waals surface area contributed by atoms with Crippen LogP contribution >= 0.6 is 0 Å². The first kappa shape index (κ1) is 13.1. The topological polar surface area (TPSA) is 41.1 Å². The van der Waals surface area contributed by atoms with Crippen LogP contribution in [0.5, 0.6) is 0 Å². The summed E-state index contributed by atoms with van der Waals surface area (Å²) >= 11 is 0. The molecule has 0 radical (unpaired) electrons. The molecule has 1 saturated heterocycles. The summed E-state index contributed by atoms with van der Waals surface area (Å²) in [6, 6.07) is 0. The van der Waals surface area contributed by atoms with E-state index in [0.29, 0.717) is 0 Å². The highest BCUT2D eigenvalue weighted by molar-refractivity contribution is 5.58. The number of rotatable bonds is 4. The third kappa shape index (κ3) is 2.42. The molecule has 0 aromatic carbocycles. The van der Waals surface area contributed by atoms with Crippen molar-refractivity contribution >= 4 is 11.6 Å². The summed E-state index contributed by atoms with van der Waals surface area (Å²) in [6.07, 6.45) is 3.43. The standard InChI is InChI=1S/C14H24N4/c1-5-11-7-8-18(9-11)14-10(3)13(15-4)16-12(6-2)17-14/h11H,5-9H2,1-4H3,(H,15,16,17). The van der Waals surface area contributed by atoms with E-state index in [1.54, 1.807) is 0 Å². The Morgan fingerprint density at radius 1 is 1.33 bits per heavy atom. The Labute approximate surface area is 110 Å². The van der Waals surface area contributed by atoms with Gasteiger partial charge in [-0.3, -0.25) is 0 Å². The first-order valence-corrected chi connectivity index (χ1v) is 6.99. The van der Waals surface area contributed by atoms with Gasteiger partial charge in [-0.1, -0.05) is 20.3 Å². The molecule has 4 heteroatoms. The van der Waals surface area contributed by atoms with Gasteiger partial charge in [0.05, 0.1) is 0 Å². The fourth-order valence-corrected chi connectivity index (χ4v) is 2.62. The minimum Gasteiger partial charge on any atom is -0.373 e. The van der Waals surface area contributed by atoms with E-state index in [2.05, 4.69) is 36.0 Å². The maximum absolute atomic E-state index is 4.72. The van der Waals surface area contributed by atoms with Crippen molar-refractivity contribution in [1.29, 1.82) is 0 Å².